The normalized spacial score (nSPS) is 18.4. The standard InChI is InChI=1S/C30H22O2/c31-29-19-25(23-7-3-1-4-8-23)17-27(29)15-21-11-13-22(14-12-21)16-28-18-26(20-30(28)32)24-9-5-2-6-10-24/h1-18H,19-20H2/b27-15-,28-16-. The summed E-state index contributed by atoms with van der Waals surface area (Å²) in [4.78, 5) is 24.9. The highest BCUT2D eigenvalue weighted by atomic mass is 16.1. The van der Waals surface area contributed by atoms with Crippen LogP contribution in [-0.2, 0) is 9.59 Å². The first-order valence-corrected chi connectivity index (χ1v) is 10.8. The molecule has 5 rings (SSSR count). The highest BCUT2D eigenvalue weighted by Gasteiger charge is 2.20. The van der Waals surface area contributed by atoms with E-state index in [0.29, 0.717) is 12.8 Å². The van der Waals surface area contributed by atoms with Gasteiger partial charge in [0.25, 0.3) is 0 Å². The van der Waals surface area contributed by atoms with E-state index in [-0.39, 0.29) is 11.6 Å². The molecule has 0 saturated heterocycles. The summed E-state index contributed by atoms with van der Waals surface area (Å²) in [6, 6.07) is 28.0. The van der Waals surface area contributed by atoms with Crippen molar-refractivity contribution in [3.63, 3.8) is 0 Å². The number of rotatable bonds is 4. The van der Waals surface area contributed by atoms with Gasteiger partial charge in [-0.15, -0.1) is 0 Å². The molecule has 0 spiro atoms. The second-order valence-corrected chi connectivity index (χ2v) is 8.14. The van der Waals surface area contributed by atoms with Gasteiger partial charge in [-0.05, 0) is 57.7 Å². The van der Waals surface area contributed by atoms with E-state index in [0.717, 1.165) is 44.5 Å². The van der Waals surface area contributed by atoms with Crippen molar-refractivity contribution in [2.24, 2.45) is 0 Å². The zero-order valence-corrected chi connectivity index (χ0v) is 17.6. The minimum atomic E-state index is 0.144. The van der Waals surface area contributed by atoms with Gasteiger partial charge in [-0.25, -0.2) is 0 Å². The fourth-order valence-electron chi connectivity index (χ4n) is 4.16. The van der Waals surface area contributed by atoms with Gasteiger partial charge in [0.2, 0.25) is 0 Å². The molecule has 2 nitrogen and oxygen atoms in total. The summed E-state index contributed by atoms with van der Waals surface area (Å²) >= 11 is 0. The highest BCUT2D eigenvalue weighted by Crippen LogP contribution is 2.31. The largest absolute Gasteiger partial charge is 0.294 e. The van der Waals surface area contributed by atoms with Gasteiger partial charge in [-0.3, -0.25) is 9.59 Å². The van der Waals surface area contributed by atoms with Crippen LogP contribution in [0.4, 0.5) is 0 Å². The van der Waals surface area contributed by atoms with E-state index in [4.69, 9.17) is 0 Å². The van der Waals surface area contributed by atoms with Crippen LogP contribution in [0.5, 0.6) is 0 Å². The fourth-order valence-corrected chi connectivity index (χ4v) is 4.16. The molecule has 0 fully saturated rings. The van der Waals surface area contributed by atoms with Crippen molar-refractivity contribution in [2.45, 2.75) is 12.8 Å². The first-order chi connectivity index (χ1) is 15.7. The maximum Gasteiger partial charge on any atom is 0.167 e. The van der Waals surface area contributed by atoms with E-state index < -0.39 is 0 Å². The zero-order chi connectivity index (χ0) is 21.9. The van der Waals surface area contributed by atoms with E-state index in [9.17, 15) is 9.59 Å². The molecular weight excluding hydrogens is 392 g/mol. The first-order valence-electron chi connectivity index (χ1n) is 10.8. The van der Waals surface area contributed by atoms with Crippen molar-refractivity contribution >= 4 is 34.9 Å². The van der Waals surface area contributed by atoms with Crippen LogP contribution in [0.1, 0.15) is 35.1 Å². The van der Waals surface area contributed by atoms with E-state index in [1.54, 1.807) is 0 Å². The predicted octanol–water partition coefficient (Wildman–Crippen LogP) is 6.57. The molecule has 0 bridgehead atoms. The van der Waals surface area contributed by atoms with E-state index in [2.05, 4.69) is 0 Å². The fraction of sp³-hybridized carbons (Fsp3) is 0.0667. The van der Waals surface area contributed by atoms with Gasteiger partial charge < -0.3 is 0 Å². The Hall–Kier alpha value is -4.04. The predicted molar refractivity (Wildman–Crippen MR) is 130 cm³/mol. The number of hydrogen-bond acceptors (Lipinski definition) is 2. The number of allylic oxidation sites excluding steroid dienone is 6. The van der Waals surface area contributed by atoms with Crippen LogP contribution in [0.2, 0.25) is 0 Å². The number of ketones is 2. The number of hydrogen-bond donors (Lipinski definition) is 0. The Bertz CT molecular complexity index is 1200. The quantitative estimate of drug-likeness (QED) is 0.453. The lowest BCUT2D eigenvalue weighted by Gasteiger charge is -1.99. The minimum Gasteiger partial charge on any atom is -0.294 e. The molecule has 2 heteroatoms. The topological polar surface area (TPSA) is 34.1 Å². The second-order valence-electron chi connectivity index (χ2n) is 8.14. The Labute approximate surface area is 187 Å². The molecule has 0 atom stereocenters. The van der Waals surface area contributed by atoms with Crippen LogP contribution in [0.15, 0.2) is 108 Å². The van der Waals surface area contributed by atoms with E-state index in [1.807, 2.05) is 109 Å². The van der Waals surface area contributed by atoms with Gasteiger partial charge in [-0.1, -0.05) is 84.9 Å². The summed E-state index contributed by atoms with van der Waals surface area (Å²) in [5.41, 5.74) is 7.71. The monoisotopic (exact) mass is 414 g/mol. The Kier molecular flexibility index (Phi) is 5.35. The molecule has 0 amide bonds. The molecule has 154 valence electrons. The van der Waals surface area contributed by atoms with Gasteiger partial charge in [0, 0.05) is 24.0 Å². The van der Waals surface area contributed by atoms with Crippen LogP contribution >= 0.6 is 0 Å². The Balaban J connectivity index is 1.36. The van der Waals surface area contributed by atoms with Crippen molar-refractivity contribution in [3.8, 4) is 0 Å². The third kappa shape index (κ3) is 4.21. The molecule has 0 heterocycles. The molecule has 0 radical (unpaired) electrons. The Morgan fingerprint density at radius 3 is 1.25 bits per heavy atom. The maximum atomic E-state index is 12.5. The van der Waals surface area contributed by atoms with Crippen LogP contribution in [0, 0.1) is 0 Å². The SMILES string of the molecule is O=C1CC(c2ccccc2)=C/C1=C/c1ccc(/C=C2/C=C(c3ccccc3)CC2=O)cc1. The van der Waals surface area contributed by atoms with Crippen molar-refractivity contribution in [3.05, 3.63) is 130 Å². The minimum absolute atomic E-state index is 0.144. The van der Waals surface area contributed by atoms with Crippen LogP contribution in [0.25, 0.3) is 23.3 Å². The van der Waals surface area contributed by atoms with Gasteiger partial charge in [0.1, 0.15) is 0 Å². The lowest BCUT2D eigenvalue weighted by Crippen LogP contribution is -1.94. The molecule has 3 aromatic rings. The molecule has 0 unspecified atom stereocenters. The molecule has 32 heavy (non-hydrogen) atoms. The summed E-state index contributed by atoms with van der Waals surface area (Å²) in [7, 11) is 0. The molecule has 0 aromatic heterocycles. The number of benzene rings is 3. The van der Waals surface area contributed by atoms with Crippen molar-refractivity contribution < 1.29 is 9.59 Å². The van der Waals surface area contributed by atoms with Gasteiger partial charge in [-0.2, -0.15) is 0 Å². The molecule has 2 aliphatic rings. The number of carbonyl (C=O) groups is 2. The molecule has 0 saturated carbocycles. The van der Waals surface area contributed by atoms with Gasteiger partial charge in [0.05, 0.1) is 0 Å². The Morgan fingerprint density at radius 2 is 0.875 bits per heavy atom. The first kappa shape index (κ1) is 19.9. The van der Waals surface area contributed by atoms with Gasteiger partial charge in [0.15, 0.2) is 11.6 Å². The summed E-state index contributed by atoms with van der Waals surface area (Å²) in [5, 5.41) is 0. The molecule has 0 aliphatic heterocycles. The highest BCUT2D eigenvalue weighted by molar-refractivity contribution is 6.14. The van der Waals surface area contributed by atoms with Crippen LogP contribution < -0.4 is 0 Å². The lowest BCUT2D eigenvalue weighted by atomic mass is 10.1. The zero-order valence-electron chi connectivity index (χ0n) is 17.6. The van der Waals surface area contributed by atoms with Crippen LogP contribution in [0.3, 0.4) is 0 Å². The summed E-state index contributed by atoms with van der Waals surface area (Å²) < 4.78 is 0. The summed E-state index contributed by atoms with van der Waals surface area (Å²) in [6.45, 7) is 0. The number of Topliss-reactive ketones (excluding diaryl/α,β-unsaturated/α-hetero) is 2. The van der Waals surface area contributed by atoms with Crippen molar-refractivity contribution in [1.29, 1.82) is 0 Å². The van der Waals surface area contributed by atoms with E-state index in [1.165, 1.54) is 0 Å². The molecular formula is C30H22O2. The third-order valence-electron chi connectivity index (χ3n) is 5.88. The second kappa shape index (κ2) is 8.60. The van der Waals surface area contributed by atoms with Crippen molar-refractivity contribution in [1.82, 2.24) is 0 Å². The Morgan fingerprint density at radius 1 is 0.500 bits per heavy atom. The lowest BCUT2D eigenvalue weighted by molar-refractivity contribution is -0.114. The van der Waals surface area contributed by atoms with Crippen LogP contribution in [-0.4, -0.2) is 11.6 Å². The average molecular weight is 415 g/mol. The number of carbonyl (C=O) groups excluding carboxylic acids is 2. The molecule has 2 aliphatic carbocycles. The molecule has 0 N–H and O–H groups in total. The summed E-state index contributed by atoms with van der Waals surface area (Å²) in [5.74, 6) is 0.287. The van der Waals surface area contributed by atoms with E-state index >= 15 is 0 Å². The van der Waals surface area contributed by atoms with Gasteiger partial charge >= 0.3 is 0 Å². The average Bonchev–Trinajstić information content (AvgIpc) is 3.38. The maximum absolute atomic E-state index is 12.5. The summed E-state index contributed by atoms with van der Waals surface area (Å²) in [6.07, 6.45) is 8.73. The molecule has 3 aromatic carbocycles. The van der Waals surface area contributed by atoms with Crippen molar-refractivity contribution in [2.75, 3.05) is 0 Å². The smallest absolute Gasteiger partial charge is 0.167 e. The third-order valence-corrected chi connectivity index (χ3v) is 5.88.